The van der Waals surface area contributed by atoms with Gasteiger partial charge in [-0.25, -0.2) is 4.98 Å². The van der Waals surface area contributed by atoms with Gasteiger partial charge in [-0.1, -0.05) is 12.1 Å². The van der Waals surface area contributed by atoms with Crippen LogP contribution in [0.15, 0.2) is 42.6 Å². The lowest BCUT2D eigenvalue weighted by atomic mass is 10.1. The van der Waals surface area contributed by atoms with E-state index in [-0.39, 0.29) is 23.9 Å². The number of methoxy groups -OCH3 is 1. The predicted octanol–water partition coefficient (Wildman–Crippen LogP) is 1.98. The molecule has 1 heterocycles. The molecule has 5 nitrogen and oxygen atoms in total. The Hall–Kier alpha value is -2.56. The van der Waals surface area contributed by atoms with Crippen LogP contribution in [0.2, 0.25) is 0 Å². The fourth-order valence-corrected chi connectivity index (χ4v) is 1.64. The lowest BCUT2D eigenvalue weighted by Crippen LogP contribution is -2.15. The Morgan fingerprint density at radius 2 is 2.21 bits per heavy atom. The van der Waals surface area contributed by atoms with Crippen molar-refractivity contribution in [1.29, 1.82) is 0 Å². The van der Waals surface area contributed by atoms with Gasteiger partial charge in [0.25, 0.3) is 0 Å². The van der Waals surface area contributed by atoms with E-state index < -0.39 is 0 Å². The molecule has 2 rings (SSSR count). The second kappa shape index (κ2) is 5.86. The van der Waals surface area contributed by atoms with Crippen molar-refractivity contribution in [3.63, 3.8) is 0 Å². The molecule has 0 atom stereocenters. The van der Waals surface area contributed by atoms with Gasteiger partial charge in [-0.05, 0) is 29.8 Å². The highest BCUT2D eigenvalue weighted by Crippen LogP contribution is 2.19. The monoisotopic (exact) mass is 258 g/mol. The SMILES string of the molecule is COc1cccc(CC(=O)Nc2ncccc2O)c1. The number of rotatable bonds is 4. The maximum absolute atomic E-state index is 11.8. The van der Waals surface area contributed by atoms with Crippen LogP contribution in [0, 0.1) is 0 Å². The number of carbonyl (C=O) groups excluding carboxylic acids is 1. The highest BCUT2D eigenvalue weighted by molar-refractivity contribution is 5.92. The number of hydrogen-bond acceptors (Lipinski definition) is 4. The number of aromatic hydroxyl groups is 1. The van der Waals surface area contributed by atoms with Gasteiger partial charge in [-0.15, -0.1) is 0 Å². The number of benzene rings is 1. The summed E-state index contributed by atoms with van der Waals surface area (Å²) in [6.45, 7) is 0. The lowest BCUT2D eigenvalue weighted by Gasteiger charge is -2.07. The van der Waals surface area contributed by atoms with Crippen LogP contribution in [0.3, 0.4) is 0 Å². The molecular weight excluding hydrogens is 244 g/mol. The minimum atomic E-state index is -0.248. The number of hydrogen-bond donors (Lipinski definition) is 2. The number of amides is 1. The number of pyridine rings is 1. The minimum absolute atomic E-state index is 0.0542. The molecule has 1 amide bonds. The van der Waals surface area contributed by atoms with Crippen molar-refractivity contribution in [1.82, 2.24) is 4.98 Å². The van der Waals surface area contributed by atoms with Crippen LogP contribution in [0.4, 0.5) is 5.82 Å². The topological polar surface area (TPSA) is 71.5 Å². The largest absolute Gasteiger partial charge is 0.504 e. The highest BCUT2D eigenvalue weighted by atomic mass is 16.5. The van der Waals surface area contributed by atoms with Crippen molar-refractivity contribution in [3.05, 3.63) is 48.2 Å². The van der Waals surface area contributed by atoms with Crippen molar-refractivity contribution < 1.29 is 14.6 Å². The van der Waals surface area contributed by atoms with E-state index >= 15 is 0 Å². The first-order valence-electron chi connectivity index (χ1n) is 5.76. The zero-order valence-corrected chi connectivity index (χ0v) is 10.5. The Kier molecular flexibility index (Phi) is 3.97. The molecule has 0 aliphatic rings. The number of ether oxygens (including phenoxy) is 1. The van der Waals surface area contributed by atoms with Gasteiger partial charge in [0.05, 0.1) is 13.5 Å². The van der Waals surface area contributed by atoms with Crippen LogP contribution in [-0.2, 0) is 11.2 Å². The van der Waals surface area contributed by atoms with E-state index in [0.29, 0.717) is 5.75 Å². The summed E-state index contributed by atoms with van der Waals surface area (Å²) in [6.07, 6.45) is 1.69. The molecule has 0 aliphatic carbocycles. The number of anilines is 1. The molecular formula is C14H14N2O3. The molecule has 0 saturated carbocycles. The highest BCUT2D eigenvalue weighted by Gasteiger charge is 2.08. The van der Waals surface area contributed by atoms with E-state index in [0.717, 1.165) is 5.56 Å². The van der Waals surface area contributed by atoms with E-state index in [4.69, 9.17) is 4.74 Å². The Morgan fingerprint density at radius 1 is 1.37 bits per heavy atom. The Balaban J connectivity index is 2.03. The molecule has 0 saturated heterocycles. The van der Waals surface area contributed by atoms with Gasteiger partial charge in [0.2, 0.25) is 5.91 Å². The van der Waals surface area contributed by atoms with Gasteiger partial charge in [-0.2, -0.15) is 0 Å². The molecule has 0 aliphatic heterocycles. The molecule has 1 aromatic heterocycles. The molecule has 2 N–H and O–H groups in total. The molecule has 1 aromatic carbocycles. The summed E-state index contributed by atoms with van der Waals surface area (Å²) in [4.78, 5) is 15.7. The molecule has 0 fully saturated rings. The first-order valence-corrected chi connectivity index (χ1v) is 5.76. The van der Waals surface area contributed by atoms with Crippen molar-refractivity contribution in [2.24, 2.45) is 0 Å². The van der Waals surface area contributed by atoms with E-state index in [1.54, 1.807) is 19.2 Å². The molecule has 98 valence electrons. The number of nitrogens with one attached hydrogen (secondary N) is 1. The standard InChI is InChI=1S/C14H14N2O3/c1-19-11-5-2-4-10(8-11)9-13(18)16-14-12(17)6-3-7-15-14/h2-8,17H,9H2,1H3,(H,15,16,18). The fourth-order valence-electron chi connectivity index (χ4n) is 1.64. The van der Waals surface area contributed by atoms with Crippen molar-refractivity contribution in [3.8, 4) is 11.5 Å². The molecule has 0 radical (unpaired) electrons. The van der Waals surface area contributed by atoms with Crippen LogP contribution in [0.25, 0.3) is 0 Å². The third-order valence-corrected chi connectivity index (χ3v) is 2.54. The van der Waals surface area contributed by atoms with Gasteiger partial charge >= 0.3 is 0 Å². The van der Waals surface area contributed by atoms with Gasteiger partial charge in [0.1, 0.15) is 5.75 Å². The van der Waals surface area contributed by atoms with Gasteiger partial charge in [-0.3, -0.25) is 4.79 Å². The molecule has 0 unspecified atom stereocenters. The van der Waals surface area contributed by atoms with E-state index in [1.165, 1.54) is 12.3 Å². The second-order valence-electron chi connectivity index (χ2n) is 3.95. The quantitative estimate of drug-likeness (QED) is 0.879. The zero-order valence-electron chi connectivity index (χ0n) is 10.5. The number of aromatic nitrogens is 1. The normalized spacial score (nSPS) is 9.95. The Morgan fingerprint density at radius 3 is 2.95 bits per heavy atom. The molecule has 2 aromatic rings. The number of nitrogens with zero attached hydrogens (tertiary/aromatic N) is 1. The first-order chi connectivity index (χ1) is 9.19. The van der Waals surface area contributed by atoms with E-state index in [1.807, 2.05) is 18.2 Å². The summed E-state index contributed by atoms with van der Waals surface area (Å²) in [7, 11) is 1.57. The molecule has 0 bridgehead atoms. The third kappa shape index (κ3) is 3.45. The van der Waals surface area contributed by atoms with Crippen LogP contribution in [-0.4, -0.2) is 23.1 Å². The average molecular weight is 258 g/mol. The van der Waals surface area contributed by atoms with E-state index in [9.17, 15) is 9.90 Å². The third-order valence-electron chi connectivity index (χ3n) is 2.54. The first kappa shape index (κ1) is 12.9. The summed E-state index contributed by atoms with van der Waals surface area (Å²) >= 11 is 0. The summed E-state index contributed by atoms with van der Waals surface area (Å²) in [6, 6.07) is 10.3. The minimum Gasteiger partial charge on any atom is -0.504 e. The summed E-state index contributed by atoms with van der Waals surface area (Å²) in [5.74, 6) is 0.560. The molecule has 5 heteroatoms. The van der Waals surface area contributed by atoms with Crippen molar-refractivity contribution >= 4 is 11.7 Å². The van der Waals surface area contributed by atoms with Gasteiger partial charge in [0.15, 0.2) is 11.6 Å². The summed E-state index contributed by atoms with van der Waals surface area (Å²) in [5, 5.41) is 12.1. The van der Waals surface area contributed by atoms with Crippen molar-refractivity contribution in [2.75, 3.05) is 12.4 Å². The van der Waals surface area contributed by atoms with Crippen LogP contribution in [0.5, 0.6) is 11.5 Å². The number of carbonyl (C=O) groups is 1. The van der Waals surface area contributed by atoms with Gasteiger partial charge in [0, 0.05) is 6.20 Å². The van der Waals surface area contributed by atoms with Crippen LogP contribution >= 0.6 is 0 Å². The Bertz CT molecular complexity index is 584. The summed E-state index contributed by atoms with van der Waals surface area (Å²) < 4.78 is 5.09. The second-order valence-corrected chi connectivity index (χ2v) is 3.95. The average Bonchev–Trinajstić information content (AvgIpc) is 2.41. The van der Waals surface area contributed by atoms with Crippen LogP contribution < -0.4 is 10.1 Å². The van der Waals surface area contributed by atoms with Crippen LogP contribution in [0.1, 0.15) is 5.56 Å². The Labute approximate surface area is 110 Å². The maximum Gasteiger partial charge on any atom is 0.230 e. The van der Waals surface area contributed by atoms with Gasteiger partial charge < -0.3 is 15.2 Å². The maximum atomic E-state index is 11.8. The van der Waals surface area contributed by atoms with E-state index in [2.05, 4.69) is 10.3 Å². The lowest BCUT2D eigenvalue weighted by molar-refractivity contribution is -0.115. The smallest absolute Gasteiger partial charge is 0.230 e. The molecule has 0 spiro atoms. The summed E-state index contributed by atoms with van der Waals surface area (Å²) in [5.41, 5.74) is 0.826. The zero-order chi connectivity index (χ0) is 13.7. The predicted molar refractivity (Wildman–Crippen MR) is 71.2 cm³/mol. The van der Waals surface area contributed by atoms with Crippen molar-refractivity contribution in [2.45, 2.75) is 6.42 Å². The molecule has 19 heavy (non-hydrogen) atoms. The fraction of sp³-hybridized carbons (Fsp3) is 0.143.